The van der Waals surface area contributed by atoms with E-state index < -0.39 is 30.4 Å². The summed E-state index contributed by atoms with van der Waals surface area (Å²) in [4.78, 5) is 21.5. The zero-order chi connectivity index (χ0) is 11.4. The molecule has 86 valence electrons. The van der Waals surface area contributed by atoms with E-state index in [-0.39, 0.29) is 6.61 Å². The van der Waals surface area contributed by atoms with E-state index in [1.807, 2.05) is 0 Å². The van der Waals surface area contributed by atoms with Crippen molar-refractivity contribution >= 4 is 11.9 Å². The van der Waals surface area contributed by atoms with Gasteiger partial charge >= 0.3 is 11.9 Å². The van der Waals surface area contributed by atoms with Crippen LogP contribution in [0.4, 0.5) is 0 Å². The molecule has 1 saturated heterocycles. The molecule has 1 aliphatic rings. The molecule has 0 unspecified atom stereocenters. The molecule has 1 N–H and O–H groups in total. The van der Waals surface area contributed by atoms with Crippen molar-refractivity contribution < 1.29 is 28.9 Å². The Morgan fingerprint density at radius 1 is 1.27 bits per heavy atom. The highest BCUT2D eigenvalue weighted by Gasteiger charge is 2.37. The predicted molar refractivity (Wildman–Crippen MR) is 47.7 cm³/mol. The molecule has 1 aliphatic heterocycles. The average molecular weight is 218 g/mol. The fourth-order valence-corrected chi connectivity index (χ4v) is 1.41. The van der Waals surface area contributed by atoms with Crippen molar-refractivity contribution in [2.24, 2.45) is 0 Å². The normalized spacial score (nSPS) is 30.7. The molecule has 0 aliphatic carbocycles. The SMILES string of the molecule is CC(=O)O[C@H]1[C@@H](OC(C)=O)CCO[C@@H]1O. The maximum atomic E-state index is 10.8. The molecule has 1 fully saturated rings. The minimum absolute atomic E-state index is 0.261. The highest BCUT2D eigenvalue weighted by atomic mass is 16.7. The van der Waals surface area contributed by atoms with E-state index >= 15 is 0 Å². The summed E-state index contributed by atoms with van der Waals surface area (Å²) >= 11 is 0. The van der Waals surface area contributed by atoms with Gasteiger partial charge in [0.05, 0.1) is 6.61 Å². The Labute approximate surface area is 87.1 Å². The maximum absolute atomic E-state index is 10.8. The molecule has 6 heteroatoms. The van der Waals surface area contributed by atoms with E-state index in [9.17, 15) is 14.7 Å². The van der Waals surface area contributed by atoms with Crippen LogP contribution < -0.4 is 0 Å². The number of aliphatic hydroxyl groups is 1. The van der Waals surface area contributed by atoms with E-state index in [0.717, 1.165) is 0 Å². The van der Waals surface area contributed by atoms with Crippen LogP contribution in [0.5, 0.6) is 0 Å². The molecular weight excluding hydrogens is 204 g/mol. The lowest BCUT2D eigenvalue weighted by Gasteiger charge is -2.33. The van der Waals surface area contributed by atoms with Gasteiger partial charge in [0.2, 0.25) is 0 Å². The van der Waals surface area contributed by atoms with Gasteiger partial charge in [0.15, 0.2) is 12.4 Å². The number of ether oxygens (including phenoxy) is 3. The Balaban J connectivity index is 2.63. The summed E-state index contributed by atoms with van der Waals surface area (Å²) in [6.07, 6.45) is -2.43. The maximum Gasteiger partial charge on any atom is 0.303 e. The highest BCUT2D eigenvalue weighted by molar-refractivity contribution is 5.67. The summed E-state index contributed by atoms with van der Waals surface area (Å²) in [5, 5.41) is 9.41. The minimum atomic E-state index is -1.24. The van der Waals surface area contributed by atoms with Crippen LogP contribution in [-0.4, -0.2) is 42.1 Å². The largest absolute Gasteiger partial charge is 0.458 e. The number of hydrogen-bond donors (Lipinski definition) is 1. The van der Waals surface area contributed by atoms with Crippen molar-refractivity contribution in [1.29, 1.82) is 0 Å². The lowest BCUT2D eigenvalue weighted by Crippen LogP contribution is -2.48. The summed E-state index contributed by atoms with van der Waals surface area (Å²) in [6.45, 7) is 2.73. The van der Waals surface area contributed by atoms with Crippen LogP contribution in [0.15, 0.2) is 0 Å². The van der Waals surface area contributed by atoms with Crippen LogP contribution in [0.2, 0.25) is 0 Å². The van der Waals surface area contributed by atoms with Gasteiger partial charge in [0.25, 0.3) is 0 Å². The van der Waals surface area contributed by atoms with Crippen molar-refractivity contribution in [3.05, 3.63) is 0 Å². The number of aliphatic hydroxyl groups excluding tert-OH is 1. The Hall–Kier alpha value is -1.14. The van der Waals surface area contributed by atoms with Gasteiger partial charge < -0.3 is 19.3 Å². The molecule has 0 saturated carbocycles. The predicted octanol–water partition coefficient (Wildman–Crippen LogP) is -0.411. The van der Waals surface area contributed by atoms with Gasteiger partial charge in [-0.2, -0.15) is 0 Å². The topological polar surface area (TPSA) is 82.1 Å². The number of carbonyl (C=O) groups excluding carboxylic acids is 2. The Morgan fingerprint density at radius 2 is 1.87 bits per heavy atom. The molecule has 0 amide bonds. The van der Waals surface area contributed by atoms with E-state index in [1.165, 1.54) is 13.8 Å². The molecule has 0 aromatic rings. The Kier molecular flexibility index (Phi) is 4.05. The third kappa shape index (κ3) is 3.49. The minimum Gasteiger partial charge on any atom is -0.458 e. The second kappa shape index (κ2) is 5.09. The first kappa shape index (κ1) is 11.9. The van der Waals surface area contributed by atoms with Gasteiger partial charge in [0.1, 0.15) is 6.10 Å². The van der Waals surface area contributed by atoms with Crippen LogP contribution >= 0.6 is 0 Å². The van der Waals surface area contributed by atoms with Gasteiger partial charge in [-0.3, -0.25) is 9.59 Å². The number of hydrogen-bond acceptors (Lipinski definition) is 6. The molecule has 15 heavy (non-hydrogen) atoms. The molecule has 1 rings (SSSR count). The summed E-state index contributed by atoms with van der Waals surface area (Å²) in [7, 11) is 0. The van der Waals surface area contributed by atoms with E-state index in [1.54, 1.807) is 0 Å². The first-order chi connectivity index (χ1) is 7.00. The molecule has 0 spiro atoms. The number of carbonyl (C=O) groups is 2. The number of rotatable bonds is 2. The van der Waals surface area contributed by atoms with Crippen LogP contribution in [0.3, 0.4) is 0 Å². The Morgan fingerprint density at radius 3 is 2.40 bits per heavy atom. The zero-order valence-corrected chi connectivity index (χ0v) is 8.63. The smallest absolute Gasteiger partial charge is 0.303 e. The summed E-state index contributed by atoms with van der Waals surface area (Å²) < 4.78 is 14.6. The quantitative estimate of drug-likeness (QED) is 0.634. The molecule has 0 radical (unpaired) electrons. The standard InChI is InChI=1S/C9H14O6/c1-5(10)14-7-3-4-13-9(12)8(7)15-6(2)11/h7-9,12H,3-4H2,1-2H3/t7-,8-,9-/m0/s1. The van der Waals surface area contributed by atoms with Crippen molar-refractivity contribution in [2.75, 3.05) is 6.61 Å². The molecular formula is C9H14O6. The number of esters is 2. The molecule has 3 atom stereocenters. The Bertz CT molecular complexity index is 251. The third-order valence-electron chi connectivity index (χ3n) is 1.96. The molecule has 6 nitrogen and oxygen atoms in total. The van der Waals surface area contributed by atoms with Crippen molar-refractivity contribution in [3.63, 3.8) is 0 Å². The first-order valence-corrected chi connectivity index (χ1v) is 4.65. The second-order valence-electron chi connectivity index (χ2n) is 3.27. The van der Waals surface area contributed by atoms with Gasteiger partial charge in [0, 0.05) is 20.3 Å². The first-order valence-electron chi connectivity index (χ1n) is 4.65. The van der Waals surface area contributed by atoms with Gasteiger partial charge in [-0.15, -0.1) is 0 Å². The fraction of sp³-hybridized carbons (Fsp3) is 0.778. The molecule has 0 aromatic heterocycles. The lowest BCUT2D eigenvalue weighted by atomic mass is 10.1. The monoisotopic (exact) mass is 218 g/mol. The van der Waals surface area contributed by atoms with Crippen LogP contribution in [0, 0.1) is 0 Å². The van der Waals surface area contributed by atoms with Crippen LogP contribution in [0.1, 0.15) is 20.3 Å². The van der Waals surface area contributed by atoms with E-state index in [0.29, 0.717) is 6.42 Å². The van der Waals surface area contributed by atoms with Crippen molar-refractivity contribution in [2.45, 2.75) is 38.8 Å². The van der Waals surface area contributed by atoms with E-state index in [2.05, 4.69) is 0 Å². The third-order valence-corrected chi connectivity index (χ3v) is 1.96. The van der Waals surface area contributed by atoms with Gasteiger partial charge in [-0.25, -0.2) is 0 Å². The molecule has 1 heterocycles. The van der Waals surface area contributed by atoms with Gasteiger partial charge in [-0.05, 0) is 0 Å². The average Bonchev–Trinajstić information content (AvgIpc) is 2.09. The fourth-order valence-electron chi connectivity index (χ4n) is 1.41. The summed E-state index contributed by atoms with van der Waals surface area (Å²) in [6, 6.07) is 0. The summed E-state index contributed by atoms with van der Waals surface area (Å²) in [5.74, 6) is -1.03. The molecule has 0 bridgehead atoms. The van der Waals surface area contributed by atoms with Gasteiger partial charge in [-0.1, -0.05) is 0 Å². The van der Waals surface area contributed by atoms with Crippen LogP contribution in [-0.2, 0) is 23.8 Å². The second-order valence-corrected chi connectivity index (χ2v) is 3.27. The lowest BCUT2D eigenvalue weighted by molar-refractivity contribution is -0.238. The zero-order valence-electron chi connectivity index (χ0n) is 8.63. The van der Waals surface area contributed by atoms with E-state index in [4.69, 9.17) is 14.2 Å². The summed E-state index contributed by atoms with van der Waals surface area (Å²) in [5.41, 5.74) is 0. The van der Waals surface area contributed by atoms with Crippen molar-refractivity contribution in [1.82, 2.24) is 0 Å². The molecule has 0 aromatic carbocycles. The highest BCUT2D eigenvalue weighted by Crippen LogP contribution is 2.19. The van der Waals surface area contributed by atoms with Crippen molar-refractivity contribution in [3.8, 4) is 0 Å². The van der Waals surface area contributed by atoms with Crippen LogP contribution in [0.25, 0.3) is 0 Å².